The Labute approximate surface area is 139 Å². The van der Waals surface area contributed by atoms with Crippen LogP contribution < -0.4 is 5.06 Å². The van der Waals surface area contributed by atoms with E-state index in [1.165, 1.54) is 12.1 Å². The third-order valence-corrected chi connectivity index (χ3v) is 3.47. The number of nitrogens with zero attached hydrogens (tertiary/aromatic N) is 1. The van der Waals surface area contributed by atoms with Gasteiger partial charge in [0.05, 0.1) is 22.4 Å². The van der Waals surface area contributed by atoms with Crippen LogP contribution in [0.3, 0.4) is 0 Å². The summed E-state index contributed by atoms with van der Waals surface area (Å²) in [6.45, 7) is 5.39. The van der Waals surface area contributed by atoms with Gasteiger partial charge in [0.25, 0.3) is 0 Å². The molecule has 2 N–H and O–H groups in total. The molecule has 125 valence electrons. The molecule has 0 saturated heterocycles. The van der Waals surface area contributed by atoms with E-state index < -0.39 is 17.5 Å². The smallest absolute Gasteiger partial charge is 0.335 e. The Morgan fingerprint density at radius 2 is 1.29 bits per heavy atom. The van der Waals surface area contributed by atoms with Crippen molar-refractivity contribution >= 4 is 17.6 Å². The number of rotatable bonds is 4. The van der Waals surface area contributed by atoms with Crippen LogP contribution in [0.1, 0.15) is 41.5 Å². The number of carboxylic acid groups (broad SMARTS) is 2. The van der Waals surface area contributed by atoms with Gasteiger partial charge in [0.1, 0.15) is 0 Å². The van der Waals surface area contributed by atoms with E-state index in [1.54, 1.807) is 45.0 Å². The largest absolute Gasteiger partial charge is 0.478 e. The number of hydroxylamine groups is 1. The zero-order valence-electron chi connectivity index (χ0n) is 13.6. The number of carboxylic acids is 2. The van der Waals surface area contributed by atoms with E-state index in [4.69, 9.17) is 10.2 Å². The lowest BCUT2D eigenvalue weighted by Crippen LogP contribution is -2.37. The van der Waals surface area contributed by atoms with Crippen LogP contribution in [0.2, 0.25) is 0 Å². The molecular weight excluding hydrogens is 310 g/mol. The van der Waals surface area contributed by atoms with E-state index in [0.29, 0.717) is 16.8 Å². The first-order valence-electron chi connectivity index (χ1n) is 7.29. The fraction of sp³-hybridized carbons (Fsp3) is 0.222. The number of benzene rings is 2. The van der Waals surface area contributed by atoms with E-state index >= 15 is 0 Å². The van der Waals surface area contributed by atoms with Crippen LogP contribution in [0, 0.1) is 0 Å². The highest BCUT2D eigenvalue weighted by Crippen LogP contribution is 2.27. The van der Waals surface area contributed by atoms with Crippen molar-refractivity contribution in [3.63, 3.8) is 0 Å². The van der Waals surface area contributed by atoms with Gasteiger partial charge >= 0.3 is 11.9 Å². The lowest BCUT2D eigenvalue weighted by molar-refractivity contribution is 0.0696. The van der Waals surface area contributed by atoms with Crippen molar-refractivity contribution in [2.45, 2.75) is 26.3 Å². The van der Waals surface area contributed by atoms with Crippen LogP contribution in [-0.2, 0) is 5.21 Å². The normalized spacial score (nSPS) is 11.2. The van der Waals surface area contributed by atoms with Gasteiger partial charge in [-0.2, -0.15) is 0 Å². The van der Waals surface area contributed by atoms with Gasteiger partial charge in [0.15, 0.2) is 0 Å². The molecule has 2 aromatic carbocycles. The van der Waals surface area contributed by atoms with Crippen molar-refractivity contribution in [2.24, 2.45) is 0 Å². The molecule has 2 rings (SSSR count). The molecule has 0 heterocycles. The minimum atomic E-state index is -1.20. The fourth-order valence-corrected chi connectivity index (χ4v) is 2.22. The molecule has 0 spiro atoms. The topological polar surface area (TPSA) is 97.7 Å². The first-order valence-corrected chi connectivity index (χ1v) is 7.29. The third kappa shape index (κ3) is 3.72. The molecule has 0 aliphatic heterocycles. The zero-order valence-corrected chi connectivity index (χ0v) is 13.6. The van der Waals surface area contributed by atoms with Crippen LogP contribution in [0.25, 0.3) is 11.1 Å². The predicted molar refractivity (Wildman–Crippen MR) is 88.7 cm³/mol. The van der Waals surface area contributed by atoms with Gasteiger partial charge in [0.2, 0.25) is 0 Å². The van der Waals surface area contributed by atoms with Gasteiger partial charge in [-0.1, -0.05) is 17.3 Å². The molecule has 0 unspecified atom stereocenters. The minimum absolute atomic E-state index is 0.103. The van der Waals surface area contributed by atoms with Crippen molar-refractivity contribution in [1.29, 1.82) is 0 Å². The highest BCUT2D eigenvalue weighted by Gasteiger charge is 2.21. The monoisotopic (exact) mass is 328 g/mol. The second-order valence-electron chi connectivity index (χ2n) is 6.42. The minimum Gasteiger partial charge on any atom is -0.478 e. The Hall–Kier alpha value is -2.86. The van der Waals surface area contributed by atoms with Crippen LogP contribution in [-0.4, -0.2) is 27.7 Å². The quantitative estimate of drug-likeness (QED) is 0.834. The molecule has 6 nitrogen and oxygen atoms in total. The molecule has 0 saturated carbocycles. The van der Waals surface area contributed by atoms with Gasteiger partial charge in [-0.3, -0.25) is 0 Å². The van der Waals surface area contributed by atoms with Crippen LogP contribution in [0.5, 0.6) is 0 Å². The lowest BCUT2D eigenvalue weighted by atomic mass is 9.99. The summed E-state index contributed by atoms with van der Waals surface area (Å²) in [4.78, 5) is 22.3. The Balaban J connectivity index is 2.45. The molecule has 1 radical (unpaired) electrons. The number of carbonyl (C=O) groups is 2. The molecular formula is C18H18NO5. The van der Waals surface area contributed by atoms with Gasteiger partial charge < -0.3 is 10.2 Å². The second-order valence-corrected chi connectivity index (χ2v) is 6.42. The summed E-state index contributed by atoms with van der Waals surface area (Å²) in [6.07, 6.45) is 0. The summed E-state index contributed by atoms with van der Waals surface area (Å²) < 4.78 is 0. The Morgan fingerprint density at radius 3 is 1.67 bits per heavy atom. The molecule has 6 heteroatoms. The average molecular weight is 328 g/mol. The predicted octanol–water partition coefficient (Wildman–Crippen LogP) is 3.70. The number of aromatic carboxylic acids is 2. The molecule has 0 aliphatic carbocycles. The lowest BCUT2D eigenvalue weighted by Gasteiger charge is -2.28. The molecule has 0 atom stereocenters. The van der Waals surface area contributed by atoms with Crippen LogP contribution in [0.4, 0.5) is 5.69 Å². The van der Waals surface area contributed by atoms with Crippen molar-refractivity contribution in [3.8, 4) is 11.1 Å². The number of hydrogen-bond acceptors (Lipinski definition) is 3. The molecule has 24 heavy (non-hydrogen) atoms. The van der Waals surface area contributed by atoms with E-state index in [2.05, 4.69) is 0 Å². The molecule has 0 bridgehead atoms. The molecule has 0 fully saturated rings. The van der Waals surface area contributed by atoms with Gasteiger partial charge in [0, 0.05) is 0 Å². The summed E-state index contributed by atoms with van der Waals surface area (Å²) in [5.41, 5.74) is 0.780. The molecule has 0 amide bonds. The maximum Gasteiger partial charge on any atom is 0.335 e. The maximum atomic E-state index is 12.2. The Kier molecular flexibility index (Phi) is 4.61. The van der Waals surface area contributed by atoms with E-state index in [0.717, 1.165) is 11.1 Å². The van der Waals surface area contributed by atoms with E-state index in [9.17, 15) is 14.8 Å². The van der Waals surface area contributed by atoms with E-state index in [1.807, 2.05) is 0 Å². The fourth-order valence-electron chi connectivity index (χ4n) is 2.22. The number of hydrogen-bond donors (Lipinski definition) is 2. The molecule has 2 aromatic rings. The van der Waals surface area contributed by atoms with Crippen LogP contribution >= 0.6 is 0 Å². The van der Waals surface area contributed by atoms with Crippen molar-refractivity contribution in [1.82, 2.24) is 0 Å². The summed E-state index contributed by atoms with van der Waals surface area (Å²) in [5, 5.41) is 31.3. The highest BCUT2D eigenvalue weighted by molar-refractivity contribution is 5.96. The van der Waals surface area contributed by atoms with E-state index in [-0.39, 0.29) is 11.1 Å². The van der Waals surface area contributed by atoms with Gasteiger partial charge in [-0.15, -0.1) is 0 Å². The SMILES string of the molecule is CC(C)(C)N([O])c1ccc(-c2cc(C(=O)O)cc(C(=O)O)c2)cc1. The maximum absolute atomic E-state index is 12.2. The van der Waals surface area contributed by atoms with Gasteiger partial charge in [-0.25, -0.2) is 14.7 Å². The third-order valence-electron chi connectivity index (χ3n) is 3.47. The first-order chi connectivity index (χ1) is 11.1. The van der Waals surface area contributed by atoms with Crippen molar-refractivity contribution in [2.75, 3.05) is 5.06 Å². The standard InChI is InChI=1S/C18H18NO5/c1-18(2,3)19(24)15-6-4-11(5-7-15)12-8-13(16(20)21)10-14(9-12)17(22)23/h4-10H,1-3H3,(H,20,21)(H,22,23). The Morgan fingerprint density at radius 1 is 0.833 bits per heavy atom. The molecule has 0 aromatic heterocycles. The first kappa shape index (κ1) is 17.5. The summed E-state index contributed by atoms with van der Waals surface area (Å²) in [5.74, 6) is -2.40. The van der Waals surface area contributed by atoms with Crippen LogP contribution in [0.15, 0.2) is 42.5 Å². The van der Waals surface area contributed by atoms with Gasteiger partial charge in [-0.05, 0) is 62.2 Å². The van der Waals surface area contributed by atoms with Crippen molar-refractivity contribution in [3.05, 3.63) is 53.6 Å². The second kappa shape index (κ2) is 6.33. The highest BCUT2D eigenvalue weighted by atomic mass is 16.5. The summed E-state index contributed by atoms with van der Waals surface area (Å²) >= 11 is 0. The molecule has 0 aliphatic rings. The van der Waals surface area contributed by atoms with Crippen molar-refractivity contribution < 1.29 is 25.0 Å². The number of anilines is 1. The zero-order chi connectivity index (χ0) is 18.1. The Bertz CT molecular complexity index is 743. The summed E-state index contributed by atoms with van der Waals surface area (Å²) in [7, 11) is 0. The summed E-state index contributed by atoms with van der Waals surface area (Å²) in [6, 6.07) is 10.5. The average Bonchev–Trinajstić information content (AvgIpc) is 2.53.